The Balaban J connectivity index is 2.06. The summed E-state index contributed by atoms with van der Waals surface area (Å²) in [4.78, 5) is 11.3. The van der Waals surface area contributed by atoms with Crippen molar-refractivity contribution in [1.29, 1.82) is 0 Å². The monoisotopic (exact) mass is 269 g/mol. The van der Waals surface area contributed by atoms with Crippen LogP contribution in [-0.2, 0) is 0 Å². The lowest BCUT2D eigenvalue weighted by Crippen LogP contribution is -1.97. The van der Waals surface area contributed by atoms with Crippen LogP contribution in [0.4, 0.5) is 11.5 Å². The summed E-state index contributed by atoms with van der Waals surface area (Å²) in [5.74, 6) is 1.68. The predicted octanol–water partition coefficient (Wildman–Crippen LogP) is 4.36. The molecule has 2 aromatic heterocycles. The van der Waals surface area contributed by atoms with E-state index in [-0.39, 0.29) is 0 Å². The summed E-state index contributed by atoms with van der Waals surface area (Å²) in [5.41, 5.74) is 2.30. The summed E-state index contributed by atoms with van der Waals surface area (Å²) in [5, 5.41) is 4.48. The molecule has 0 amide bonds. The summed E-state index contributed by atoms with van der Waals surface area (Å²) in [6, 6.07) is 10.4. The van der Waals surface area contributed by atoms with E-state index in [4.69, 9.17) is 0 Å². The highest BCUT2D eigenvalue weighted by molar-refractivity contribution is 7.18. The number of anilines is 2. The van der Waals surface area contributed by atoms with Crippen molar-refractivity contribution in [2.75, 3.05) is 5.32 Å². The number of nitrogens with one attached hydrogen (secondary N) is 1. The Bertz CT molecular complexity index is 729. The number of aryl methyl sites for hydroxylation is 3. The van der Waals surface area contributed by atoms with Gasteiger partial charge in [-0.25, -0.2) is 9.97 Å². The van der Waals surface area contributed by atoms with E-state index in [0.29, 0.717) is 0 Å². The number of thiophene rings is 1. The second kappa shape index (κ2) is 4.63. The number of fused-ring (bicyclic) bond motifs is 1. The topological polar surface area (TPSA) is 37.8 Å². The Morgan fingerprint density at radius 3 is 2.47 bits per heavy atom. The van der Waals surface area contributed by atoms with E-state index in [0.717, 1.165) is 27.5 Å². The van der Waals surface area contributed by atoms with Crippen molar-refractivity contribution in [3.63, 3.8) is 0 Å². The van der Waals surface area contributed by atoms with Crippen molar-refractivity contribution < 1.29 is 0 Å². The smallest absolute Gasteiger partial charge is 0.142 e. The zero-order chi connectivity index (χ0) is 13.4. The van der Waals surface area contributed by atoms with E-state index < -0.39 is 0 Å². The molecule has 0 saturated heterocycles. The molecule has 0 bridgehead atoms. The first-order chi connectivity index (χ1) is 9.11. The number of nitrogens with zero attached hydrogens (tertiary/aromatic N) is 2. The van der Waals surface area contributed by atoms with Gasteiger partial charge in [0.2, 0.25) is 0 Å². The van der Waals surface area contributed by atoms with Gasteiger partial charge in [0.15, 0.2) is 0 Å². The fourth-order valence-electron chi connectivity index (χ4n) is 2.02. The number of hydrogen-bond donors (Lipinski definition) is 1. The SMILES string of the molecule is Cc1ccc(Nc2nc(C)nc3sc(C)cc23)cc1. The highest BCUT2D eigenvalue weighted by Gasteiger charge is 2.09. The molecule has 1 N–H and O–H groups in total. The lowest BCUT2D eigenvalue weighted by molar-refractivity contribution is 1.10. The largest absolute Gasteiger partial charge is 0.340 e. The molecule has 0 aliphatic heterocycles. The molecule has 4 heteroatoms. The van der Waals surface area contributed by atoms with Crippen LogP contribution >= 0.6 is 11.3 Å². The van der Waals surface area contributed by atoms with Crippen LogP contribution in [0, 0.1) is 20.8 Å². The second-order valence-corrected chi connectivity index (χ2v) is 5.92. The van der Waals surface area contributed by atoms with Crippen LogP contribution in [0.3, 0.4) is 0 Å². The fraction of sp³-hybridized carbons (Fsp3) is 0.200. The number of benzene rings is 1. The van der Waals surface area contributed by atoms with E-state index >= 15 is 0 Å². The Kier molecular flexibility index (Phi) is 2.95. The Labute approximate surface area is 116 Å². The Hall–Kier alpha value is -1.94. The average molecular weight is 269 g/mol. The molecule has 2 heterocycles. The highest BCUT2D eigenvalue weighted by atomic mass is 32.1. The van der Waals surface area contributed by atoms with Crippen LogP contribution in [0.25, 0.3) is 10.2 Å². The molecule has 3 aromatic rings. The van der Waals surface area contributed by atoms with Crippen molar-refractivity contribution in [2.45, 2.75) is 20.8 Å². The summed E-state index contributed by atoms with van der Waals surface area (Å²) >= 11 is 1.70. The van der Waals surface area contributed by atoms with Crippen LogP contribution in [0.15, 0.2) is 30.3 Å². The molecule has 0 aliphatic rings. The number of hydrogen-bond acceptors (Lipinski definition) is 4. The maximum absolute atomic E-state index is 4.52. The number of aromatic nitrogens is 2. The highest BCUT2D eigenvalue weighted by Crippen LogP contribution is 2.30. The van der Waals surface area contributed by atoms with Crippen LogP contribution in [0.2, 0.25) is 0 Å². The first kappa shape index (κ1) is 12.1. The molecule has 0 saturated carbocycles. The van der Waals surface area contributed by atoms with Gasteiger partial charge in [0.05, 0.1) is 5.39 Å². The molecule has 0 unspecified atom stereocenters. The third-order valence-electron chi connectivity index (χ3n) is 2.94. The van der Waals surface area contributed by atoms with Gasteiger partial charge in [-0.3, -0.25) is 0 Å². The van der Waals surface area contributed by atoms with Gasteiger partial charge >= 0.3 is 0 Å². The zero-order valence-corrected chi connectivity index (χ0v) is 12.0. The summed E-state index contributed by atoms with van der Waals surface area (Å²) in [6.07, 6.45) is 0. The van der Waals surface area contributed by atoms with Gasteiger partial charge in [0.25, 0.3) is 0 Å². The lowest BCUT2D eigenvalue weighted by atomic mass is 10.2. The van der Waals surface area contributed by atoms with Gasteiger partial charge in [-0.05, 0) is 39.0 Å². The van der Waals surface area contributed by atoms with Crippen LogP contribution in [-0.4, -0.2) is 9.97 Å². The van der Waals surface area contributed by atoms with E-state index in [9.17, 15) is 0 Å². The van der Waals surface area contributed by atoms with Crippen molar-refractivity contribution >= 4 is 33.1 Å². The van der Waals surface area contributed by atoms with Gasteiger partial charge in [0, 0.05) is 10.6 Å². The predicted molar refractivity (Wildman–Crippen MR) is 81.4 cm³/mol. The maximum Gasteiger partial charge on any atom is 0.142 e. The van der Waals surface area contributed by atoms with Crippen LogP contribution < -0.4 is 5.32 Å². The molecule has 0 radical (unpaired) electrons. The minimum absolute atomic E-state index is 0.795. The van der Waals surface area contributed by atoms with Gasteiger partial charge in [0.1, 0.15) is 16.5 Å². The summed E-state index contributed by atoms with van der Waals surface area (Å²) < 4.78 is 0. The third kappa shape index (κ3) is 2.44. The first-order valence-corrected chi connectivity index (χ1v) is 7.02. The molecule has 19 heavy (non-hydrogen) atoms. The van der Waals surface area contributed by atoms with Crippen LogP contribution in [0.1, 0.15) is 16.3 Å². The van der Waals surface area contributed by atoms with Crippen LogP contribution in [0.5, 0.6) is 0 Å². The summed E-state index contributed by atoms with van der Waals surface area (Å²) in [7, 11) is 0. The molecule has 0 fully saturated rings. The standard InChI is InChI=1S/C15H15N3S/c1-9-4-6-12(7-5-9)18-14-13-8-10(2)19-15(13)17-11(3)16-14/h4-8H,1-3H3,(H,16,17,18). The lowest BCUT2D eigenvalue weighted by Gasteiger charge is -2.07. The van der Waals surface area contributed by atoms with Gasteiger partial charge in [-0.2, -0.15) is 0 Å². The average Bonchev–Trinajstić information content (AvgIpc) is 2.72. The molecule has 0 atom stereocenters. The fourth-order valence-corrected chi connectivity index (χ4v) is 2.94. The molecule has 96 valence electrons. The van der Waals surface area contributed by atoms with E-state index in [1.165, 1.54) is 10.4 Å². The van der Waals surface area contributed by atoms with Gasteiger partial charge in [-0.15, -0.1) is 11.3 Å². The van der Waals surface area contributed by atoms with E-state index in [1.807, 2.05) is 6.92 Å². The maximum atomic E-state index is 4.52. The van der Waals surface area contributed by atoms with Gasteiger partial charge in [-0.1, -0.05) is 17.7 Å². The molecule has 1 aromatic carbocycles. The minimum atomic E-state index is 0.795. The third-order valence-corrected chi connectivity index (χ3v) is 3.89. The minimum Gasteiger partial charge on any atom is -0.340 e. The Morgan fingerprint density at radius 1 is 1.00 bits per heavy atom. The van der Waals surface area contributed by atoms with Crippen molar-refractivity contribution in [2.24, 2.45) is 0 Å². The quantitative estimate of drug-likeness (QED) is 0.751. The summed E-state index contributed by atoms with van der Waals surface area (Å²) in [6.45, 7) is 6.10. The molecule has 0 aliphatic carbocycles. The van der Waals surface area contributed by atoms with Crippen molar-refractivity contribution in [3.8, 4) is 0 Å². The molecule has 3 nitrogen and oxygen atoms in total. The zero-order valence-electron chi connectivity index (χ0n) is 11.2. The van der Waals surface area contributed by atoms with E-state index in [2.05, 4.69) is 59.5 Å². The van der Waals surface area contributed by atoms with E-state index in [1.54, 1.807) is 11.3 Å². The van der Waals surface area contributed by atoms with Crippen molar-refractivity contribution in [3.05, 3.63) is 46.6 Å². The Morgan fingerprint density at radius 2 is 1.74 bits per heavy atom. The molecular formula is C15H15N3S. The molecular weight excluding hydrogens is 254 g/mol. The first-order valence-electron chi connectivity index (χ1n) is 6.20. The van der Waals surface area contributed by atoms with Gasteiger partial charge < -0.3 is 5.32 Å². The second-order valence-electron chi connectivity index (χ2n) is 4.69. The molecule has 3 rings (SSSR count). The molecule has 0 spiro atoms. The van der Waals surface area contributed by atoms with Crippen molar-refractivity contribution in [1.82, 2.24) is 9.97 Å². The normalized spacial score (nSPS) is 10.9. The number of rotatable bonds is 2.